The van der Waals surface area contributed by atoms with Crippen LogP contribution in [0.2, 0.25) is 0 Å². The van der Waals surface area contributed by atoms with Gasteiger partial charge in [-0.05, 0) is 38.0 Å². The van der Waals surface area contributed by atoms with E-state index < -0.39 is 0 Å². The zero-order valence-electron chi connectivity index (χ0n) is 21.8. The van der Waals surface area contributed by atoms with Gasteiger partial charge in [-0.2, -0.15) is 5.10 Å². The van der Waals surface area contributed by atoms with Crippen molar-refractivity contribution in [3.8, 4) is 22.8 Å². The molecule has 0 atom stereocenters. The number of fused-ring (bicyclic) bond motifs is 1. The van der Waals surface area contributed by atoms with Gasteiger partial charge < -0.3 is 23.9 Å². The summed E-state index contributed by atoms with van der Waals surface area (Å²) in [6.45, 7) is 8.24. The molecular weight excluding hydrogens is 466 g/mol. The van der Waals surface area contributed by atoms with Gasteiger partial charge >= 0.3 is 0 Å². The zero-order chi connectivity index (χ0) is 25.8. The Hall–Kier alpha value is -4.04. The van der Waals surface area contributed by atoms with Gasteiger partial charge in [-0.3, -0.25) is 9.48 Å². The Morgan fingerprint density at radius 3 is 2.49 bits per heavy atom. The van der Waals surface area contributed by atoms with E-state index in [9.17, 15) is 4.79 Å². The maximum Gasteiger partial charge on any atom is 0.251 e. The van der Waals surface area contributed by atoms with Crippen molar-refractivity contribution in [2.24, 2.45) is 7.05 Å². The number of aromatic amines is 1. The largest absolute Gasteiger partial charge is 0.455 e. The van der Waals surface area contributed by atoms with Gasteiger partial charge in [0.1, 0.15) is 5.75 Å². The summed E-state index contributed by atoms with van der Waals surface area (Å²) in [5.74, 6) is 1.45. The molecule has 8 heteroatoms. The summed E-state index contributed by atoms with van der Waals surface area (Å²) in [5, 5.41) is 4.73. The molecule has 1 fully saturated rings. The molecule has 1 aromatic carbocycles. The van der Waals surface area contributed by atoms with Gasteiger partial charge in [0.2, 0.25) is 0 Å². The van der Waals surface area contributed by atoms with Crippen molar-refractivity contribution in [3.63, 3.8) is 0 Å². The Kier molecular flexibility index (Phi) is 5.56. The van der Waals surface area contributed by atoms with E-state index in [1.54, 1.807) is 23.9 Å². The van der Waals surface area contributed by atoms with E-state index in [-0.39, 0.29) is 5.56 Å². The second-order valence-electron chi connectivity index (χ2n) is 10.2. The summed E-state index contributed by atoms with van der Waals surface area (Å²) in [7, 11) is 3.79. The Morgan fingerprint density at radius 2 is 1.78 bits per heavy atom. The van der Waals surface area contributed by atoms with Gasteiger partial charge in [-0.1, -0.05) is 18.2 Å². The molecule has 3 aromatic heterocycles. The van der Waals surface area contributed by atoms with Crippen LogP contribution >= 0.6 is 0 Å². The molecule has 2 aliphatic rings. The third-order valence-electron chi connectivity index (χ3n) is 7.25. The van der Waals surface area contributed by atoms with E-state index >= 15 is 0 Å². The molecule has 2 aliphatic heterocycles. The molecule has 0 saturated carbocycles. The highest BCUT2D eigenvalue weighted by molar-refractivity contribution is 5.86. The molecule has 8 nitrogen and oxygen atoms in total. The highest BCUT2D eigenvalue weighted by Crippen LogP contribution is 2.40. The fourth-order valence-corrected chi connectivity index (χ4v) is 5.08. The van der Waals surface area contributed by atoms with Crippen LogP contribution in [0.25, 0.3) is 16.8 Å². The SMILES string of the molecule is Cc1cccc(C)c1Oc1cn(C)c(=O)cc1C1=CN(C)Cc2[nH]c(-c3cn(C4COC4)nc3C)cc21. The normalized spacial score (nSPS) is 15.4. The van der Waals surface area contributed by atoms with Crippen LogP contribution in [0.4, 0.5) is 0 Å². The van der Waals surface area contributed by atoms with Crippen LogP contribution in [0.15, 0.2) is 53.7 Å². The Labute approximate surface area is 215 Å². The second kappa shape index (κ2) is 8.81. The van der Waals surface area contributed by atoms with E-state index in [2.05, 4.69) is 28.3 Å². The van der Waals surface area contributed by atoms with Crippen LogP contribution in [0.1, 0.15) is 39.7 Å². The molecule has 0 spiro atoms. The van der Waals surface area contributed by atoms with Crippen molar-refractivity contribution < 1.29 is 9.47 Å². The van der Waals surface area contributed by atoms with Crippen molar-refractivity contribution in [1.82, 2.24) is 24.2 Å². The van der Waals surface area contributed by atoms with Gasteiger partial charge in [0.05, 0.1) is 37.7 Å². The number of nitrogens with zero attached hydrogens (tertiary/aromatic N) is 4. The molecule has 190 valence electrons. The van der Waals surface area contributed by atoms with E-state index in [0.29, 0.717) is 25.0 Å². The Bertz CT molecular complexity index is 1580. The topological polar surface area (TPSA) is 77.3 Å². The van der Waals surface area contributed by atoms with Crippen molar-refractivity contribution >= 4 is 5.57 Å². The smallest absolute Gasteiger partial charge is 0.251 e. The molecule has 0 unspecified atom stereocenters. The second-order valence-corrected chi connectivity index (χ2v) is 10.2. The number of ether oxygens (including phenoxy) is 2. The average molecular weight is 498 g/mol. The summed E-state index contributed by atoms with van der Waals surface area (Å²) in [5.41, 5.74) is 8.92. The Morgan fingerprint density at radius 1 is 1.03 bits per heavy atom. The first-order valence-electron chi connectivity index (χ1n) is 12.5. The molecule has 0 bridgehead atoms. The molecule has 0 amide bonds. The van der Waals surface area contributed by atoms with Crippen LogP contribution in [-0.4, -0.2) is 44.5 Å². The minimum atomic E-state index is -0.0878. The minimum Gasteiger partial charge on any atom is -0.455 e. The number of pyridine rings is 1. The lowest BCUT2D eigenvalue weighted by atomic mass is 9.95. The number of hydrogen-bond donors (Lipinski definition) is 1. The number of para-hydroxylation sites is 1. The molecule has 1 N–H and O–H groups in total. The predicted molar refractivity (Wildman–Crippen MR) is 143 cm³/mol. The van der Waals surface area contributed by atoms with Gasteiger partial charge in [-0.25, -0.2) is 0 Å². The number of hydrogen-bond acceptors (Lipinski definition) is 5. The summed E-state index contributed by atoms with van der Waals surface area (Å²) >= 11 is 0. The lowest BCUT2D eigenvalue weighted by molar-refractivity contribution is -0.0287. The third kappa shape index (κ3) is 4.07. The van der Waals surface area contributed by atoms with Gasteiger partial charge in [-0.15, -0.1) is 0 Å². The zero-order valence-corrected chi connectivity index (χ0v) is 21.8. The first kappa shape index (κ1) is 23.4. The third-order valence-corrected chi connectivity index (χ3v) is 7.25. The molecule has 1 saturated heterocycles. The quantitative estimate of drug-likeness (QED) is 0.433. The summed E-state index contributed by atoms with van der Waals surface area (Å²) in [6, 6.07) is 10.2. The first-order chi connectivity index (χ1) is 17.8. The van der Waals surface area contributed by atoms with Crippen molar-refractivity contribution in [3.05, 3.63) is 92.9 Å². The number of aromatic nitrogens is 4. The lowest BCUT2D eigenvalue weighted by Gasteiger charge is -2.25. The van der Waals surface area contributed by atoms with Crippen molar-refractivity contribution in [2.45, 2.75) is 33.4 Å². The first-order valence-corrected chi connectivity index (χ1v) is 12.5. The van der Waals surface area contributed by atoms with Gasteiger partial charge in [0.25, 0.3) is 5.56 Å². The predicted octanol–water partition coefficient (Wildman–Crippen LogP) is 4.70. The molecular formula is C29H31N5O3. The van der Waals surface area contributed by atoms with Crippen LogP contribution < -0.4 is 10.3 Å². The average Bonchev–Trinajstić information content (AvgIpc) is 3.40. The maximum atomic E-state index is 12.8. The molecule has 6 rings (SSSR count). The molecule has 4 aromatic rings. The number of benzene rings is 1. The molecule has 0 aliphatic carbocycles. The van der Waals surface area contributed by atoms with E-state index in [4.69, 9.17) is 14.6 Å². The highest BCUT2D eigenvalue weighted by atomic mass is 16.5. The van der Waals surface area contributed by atoms with Crippen molar-refractivity contribution in [1.29, 1.82) is 0 Å². The Balaban J connectivity index is 1.45. The van der Waals surface area contributed by atoms with E-state index in [0.717, 1.165) is 62.8 Å². The van der Waals surface area contributed by atoms with Gasteiger partial charge in [0, 0.05) is 66.2 Å². The summed E-state index contributed by atoms with van der Waals surface area (Å²) in [4.78, 5) is 18.6. The monoisotopic (exact) mass is 497 g/mol. The summed E-state index contributed by atoms with van der Waals surface area (Å²) in [6.07, 6.45) is 5.97. The minimum absolute atomic E-state index is 0.0878. The fourth-order valence-electron chi connectivity index (χ4n) is 5.08. The van der Waals surface area contributed by atoms with E-state index in [1.807, 2.05) is 50.7 Å². The fraction of sp³-hybridized carbons (Fsp3) is 0.310. The number of nitrogens with one attached hydrogen (secondary N) is 1. The number of aryl methyl sites for hydroxylation is 4. The lowest BCUT2D eigenvalue weighted by Crippen LogP contribution is -2.30. The van der Waals surface area contributed by atoms with E-state index in [1.165, 1.54) is 0 Å². The number of rotatable bonds is 5. The number of H-pyrrole nitrogens is 1. The maximum absolute atomic E-state index is 12.8. The van der Waals surface area contributed by atoms with Crippen LogP contribution in [0.3, 0.4) is 0 Å². The standard InChI is InChI=1S/C29H31N5O3/c1-17-7-6-8-18(2)29(17)37-27-14-33(5)28(35)10-22(27)24-11-32(4)13-26-21(24)9-25(30-26)23-12-34(31-19(23)3)20-15-36-16-20/h6-12,14,20,30H,13,15-16H2,1-5H3. The molecule has 0 radical (unpaired) electrons. The van der Waals surface area contributed by atoms with Gasteiger partial charge in [0.15, 0.2) is 5.75 Å². The van der Waals surface area contributed by atoms with Crippen molar-refractivity contribution in [2.75, 3.05) is 20.3 Å². The van der Waals surface area contributed by atoms with Crippen LogP contribution in [0.5, 0.6) is 11.5 Å². The highest BCUT2D eigenvalue weighted by Gasteiger charge is 2.26. The molecule has 5 heterocycles. The molecule has 37 heavy (non-hydrogen) atoms. The van der Waals surface area contributed by atoms with Crippen LogP contribution in [-0.2, 0) is 18.3 Å². The summed E-state index contributed by atoms with van der Waals surface area (Å²) < 4.78 is 15.4. The van der Waals surface area contributed by atoms with Crippen LogP contribution in [0, 0.1) is 20.8 Å².